The van der Waals surface area contributed by atoms with Crippen molar-refractivity contribution in [1.82, 2.24) is 9.36 Å². The van der Waals surface area contributed by atoms with Crippen LogP contribution in [0.5, 0.6) is 5.75 Å². The number of amides is 1. The zero-order chi connectivity index (χ0) is 21.0. The number of hydrogen-bond donors (Lipinski definition) is 2. The van der Waals surface area contributed by atoms with Gasteiger partial charge < -0.3 is 15.4 Å². The topological polar surface area (TPSA) is 77.3 Å². The third-order valence-electron chi connectivity index (χ3n) is 4.75. The minimum absolute atomic E-state index is 0.203. The summed E-state index contributed by atoms with van der Waals surface area (Å²) in [5, 5.41) is 5.94. The van der Waals surface area contributed by atoms with Gasteiger partial charge in [-0.2, -0.15) is 0 Å². The van der Waals surface area contributed by atoms with Gasteiger partial charge in [-0.05, 0) is 45.0 Å². The molecule has 0 aliphatic carbocycles. The number of carbonyl (C=O) groups is 1. The summed E-state index contributed by atoms with van der Waals surface area (Å²) in [5.74, 6) is 0.351. The van der Waals surface area contributed by atoms with Crippen LogP contribution in [0.3, 0.4) is 0 Å². The fourth-order valence-corrected chi connectivity index (χ4v) is 3.11. The molecule has 7 nitrogen and oxygen atoms in total. The number of para-hydroxylation sites is 3. The van der Waals surface area contributed by atoms with Crippen LogP contribution in [0.1, 0.15) is 19.5 Å². The van der Waals surface area contributed by atoms with Crippen LogP contribution in [-0.4, -0.2) is 27.9 Å². The van der Waals surface area contributed by atoms with Crippen molar-refractivity contribution in [1.29, 1.82) is 0 Å². The summed E-state index contributed by atoms with van der Waals surface area (Å²) in [6, 6.07) is 16.0. The molecule has 1 heterocycles. The first-order valence-corrected chi connectivity index (χ1v) is 9.57. The van der Waals surface area contributed by atoms with Gasteiger partial charge in [0.2, 0.25) is 5.91 Å². The molecule has 0 fully saturated rings. The van der Waals surface area contributed by atoms with Crippen molar-refractivity contribution in [3.05, 3.63) is 70.6 Å². The Morgan fingerprint density at radius 1 is 1.10 bits per heavy atom. The number of aromatic nitrogens is 2. The monoisotopic (exact) mass is 394 g/mol. The Morgan fingerprint density at radius 2 is 1.76 bits per heavy atom. The smallest absolute Gasteiger partial charge is 0.295 e. The Labute approximate surface area is 169 Å². The van der Waals surface area contributed by atoms with Crippen LogP contribution in [-0.2, 0) is 11.8 Å². The van der Waals surface area contributed by atoms with Crippen LogP contribution in [0.2, 0.25) is 0 Å². The Morgan fingerprint density at radius 3 is 2.45 bits per heavy atom. The second-order valence-corrected chi connectivity index (χ2v) is 6.72. The molecule has 2 aromatic carbocycles. The summed E-state index contributed by atoms with van der Waals surface area (Å²) >= 11 is 0. The SMILES string of the molecule is CCOc1ccccc1NC(=O)C(C)Nc1c(C)n(C)n(-c2ccccc2)c1=O. The van der Waals surface area contributed by atoms with E-state index in [0.29, 0.717) is 23.7 Å². The average Bonchev–Trinajstić information content (AvgIpc) is 2.93. The van der Waals surface area contributed by atoms with E-state index in [-0.39, 0.29) is 11.5 Å². The molecule has 0 spiro atoms. The predicted octanol–water partition coefficient (Wildman–Crippen LogP) is 3.32. The predicted molar refractivity (Wildman–Crippen MR) is 115 cm³/mol. The van der Waals surface area contributed by atoms with E-state index in [9.17, 15) is 9.59 Å². The number of benzene rings is 2. The molecular formula is C22H26N4O3. The van der Waals surface area contributed by atoms with Crippen LogP contribution in [0, 0.1) is 6.92 Å². The molecule has 1 amide bonds. The first-order chi connectivity index (χ1) is 13.9. The average molecular weight is 394 g/mol. The van der Waals surface area contributed by atoms with E-state index in [1.807, 2.05) is 63.4 Å². The van der Waals surface area contributed by atoms with Crippen molar-refractivity contribution < 1.29 is 9.53 Å². The van der Waals surface area contributed by atoms with Gasteiger partial charge in [-0.15, -0.1) is 0 Å². The minimum atomic E-state index is -0.622. The minimum Gasteiger partial charge on any atom is -0.492 e. The number of anilines is 2. The van der Waals surface area contributed by atoms with Gasteiger partial charge in [0.25, 0.3) is 5.56 Å². The van der Waals surface area contributed by atoms with Gasteiger partial charge in [0.05, 0.1) is 23.7 Å². The van der Waals surface area contributed by atoms with Crippen molar-refractivity contribution in [2.24, 2.45) is 7.05 Å². The third-order valence-corrected chi connectivity index (χ3v) is 4.75. The van der Waals surface area contributed by atoms with Crippen LogP contribution < -0.4 is 20.9 Å². The second kappa shape index (κ2) is 8.68. The molecule has 0 bridgehead atoms. The molecular weight excluding hydrogens is 368 g/mol. The van der Waals surface area contributed by atoms with Gasteiger partial charge in [-0.1, -0.05) is 30.3 Å². The summed E-state index contributed by atoms with van der Waals surface area (Å²) in [6.07, 6.45) is 0. The number of nitrogens with zero attached hydrogens (tertiary/aromatic N) is 2. The molecule has 7 heteroatoms. The van der Waals surface area contributed by atoms with Gasteiger partial charge >= 0.3 is 0 Å². The molecule has 2 N–H and O–H groups in total. The highest BCUT2D eigenvalue weighted by Crippen LogP contribution is 2.24. The van der Waals surface area contributed by atoms with E-state index < -0.39 is 6.04 Å². The quantitative estimate of drug-likeness (QED) is 0.644. The summed E-state index contributed by atoms with van der Waals surface area (Å²) in [4.78, 5) is 25.7. The number of ether oxygens (including phenoxy) is 1. The summed E-state index contributed by atoms with van der Waals surface area (Å²) in [6.45, 7) is 5.96. The normalized spacial score (nSPS) is 11.7. The molecule has 0 saturated heterocycles. The van der Waals surface area contributed by atoms with Crippen molar-refractivity contribution >= 4 is 17.3 Å². The highest BCUT2D eigenvalue weighted by Gasteiger charge is 2.21. The highest BCUT2D eigenvalue weighted by molar-refractivity contribution is 5.97. The summed E-state index contributed by atoms with van der Waals surface area (Å²) < 4.78 is 8.90. The van der Waals surface area contributed by atoms with Crippen molar-refractivity contribution in [2.45, 2.75) is 26.8 Å². The van der Waals surface area contributed by atoms with Gasteiger partial charge in [0, 0.05) is 7.05 Å². The summed E-state index contributed by atoms with van der Waals surface area (Å²) in [7, 11) is 1.82. The lowest BCUT2D eigenvalue weighted by Crippen LogP contribution is -2.34. The number of carbonyl (C=O) groups excluding carboxylic acids is 1. The van der Waals surface area contributed by atoms with Crippen molar-refractivity contribution in [3.8, 4) is 11.4 Å². The van der Waals surface area contributed by atoms with Gasteiger partial charge in [-0.25, -0.2) is 4.68 Å². The largest absolute Gasteiger partial charge is 0.492 e. The second-order valence-electron chi connectivity index (χ2n) is 6.72. The molecule has 0 aliphatic rings. The molecule has 3 rings (SSSR count). The molecule has 1 unspecified atom stereocenters. The first kappa shape index (κ1) is 20.3. The lowest BCUT2D eigenvalue weighted by molar-refractivity contribution is -0.116. The molecule has 0 saturated carbocycles. The Hall–Kier alpha value is -3.48. The highest BCUT2D eigenvalue weighted by atomic mass is 16.5. The van der Waals surface area contributed by atoms with E-state index in [4.69, 9.17) is 4.74 Å². The fourth-order valence-electron chi connectivity index (χ4n) is 3.11. The molecule has 3 aromatic rings. The maximum Gasteiger partial charge on any atom is 0.295 e. The van der Waals surface area contributed by atoms with Gasteiger partial charge in [0.15, 0.2) is 0 Å². The maximum atomic E-state index is 13.0. The van der Waals surface area contributed by atoms with E-state index in [1.165, 1.54) is 0 Å². The lowest BCUT2D eigenvalue weighted by atomic mass is 10.2. The van der Waals surface area contributed by atoms with E-state index in [0.717, 1.165) is 11.4 Å². The van der Waals surface area contributed by atoms with E-state index >= 15 is 0 Å². The fraction of sp³-hybridized carbons (Fsp3) is 0.273. The van der Waals surface area contributed by atoms with E-state index in [1.54, 1.807) is 28.4 Å². The van der Waals surface area contributed by atoms with Crippen molar-refractivity contribution in [2.75, 3.05) is 17.2 Å². The Bertz CT molecular complexity index is 1050. The third kappa shape index (κ3) is 4.18. The maximum absolute atomic E-state index is 13.0. The molecule has 29 heavy (non-hydrogen) atoms. The van der Waals surface area contributed by atoms with Crippen LogP contribution in [0.4, 0.5) is 11.4 Å². The van der Waals surface area contributed by atoms with Gasteiger partial charge in [-0.3, -0.25) is 14.3 Å². The molecule has 1 atom stereocenters. The van der Waals surface area contributed by atoms with Crippen LogP contribution in [0.25, 0.3) is 5.69 Å². The number of hydrogen-bond acceptors (Lipinski definition) is 4. The number of nitrogens with one attached hydrogen (secondary N) is 2. The molecule has 0 radical (unpaired) electrons. The molecule has 152 valence electrons. The zero-order valence-electron chi connectivity index (χ0n) is 17.1. The Balaban J connectivity index is 1.82. The van der Waals surface area contributed by atoms with Crippen LogP contribution >= 0.6 is 0 Å². The van der Waals surface area contributed by atoms with Crippen LogP contribution in [0.15, 0.2) is 59.4 Å². The zero-order valence-corrected chi connectivity index (χ0v) is 17.1. The molecule has 1 aromatic heterocycles. The standard InChI is InChI=1S/C22H26N4O3/c1-5-29-19-14-10-9-13-18(19)24-21(27)15(2)23-20-16(3)25(4)26(22(20)28)17-11-7-6-8-12-17/h6-15,23H,5H2,1-4H3,(H,24,27). The molecule has 0 aliphatic heterocycles. The lowest BCUT2D eigenvalue weighted by Gasteiger charge is -2.16. The van der Waals surface area contributed by atoms with E-state index in [2.05, 4.69) is 10.6 Å². The number of rotatable bonds is 7. The Kier molecular flexibility index (Phi) is 6.07. The first-order valence-electron chi connectivity index (χ1n) is 9.57. The summed E-state index contributed by atoms with van der Waals surface area (Å²) in [5.41, 5.74) is 2.30. The van der Waals surface area contributed by atoms with Crippen molar-refractivity contribution in [3.63, 3.8) is 0 Å². The van der Waals surface area contributed by atoms with Gasteiger partial charge in [0.1, 0.15) is 17.5 Å².